The average Bonchev–Trinajstić information content (AvgIpc) is 2.85. The van der Waals surface area contributed by atoms with E-state index in [1.807, 2.05) is 13.1 Å². The van der Waals surface area contributed by atoms with Crippen LogP contribution in [0.15, 0.2) is 18.2 Å². The molecule has 0 unspecified atom stereocenters. The minimum Gasteiger partial charge on any atom is -0.299 e. The summed E-state index contributed by atoms with van der Waals surface area (Å²) < 4.78 is 13.7. The smallest absolute Gasteiger partial charge is 0.129 e. The van der Waals surface area contributed by atoms with Crippen LogP contribution in [0.1, 0.15) is 36.8 Å². The van der Waals surface area contributed by atoms with Crippen LogP contribution in [0.3, 0.4) is 0 Å². The van der Waals surface area contributed by atoms with Crippen molar-refractivity contribution in [1.29, 1.82) is 5.26 Å². The van der Waals surface area contributed by atoms with Gasteiger partial charge in [-0.25, -0.2) is 4.39 Å². The van der Waals surface area contributed by atoms with Gasteiger partial charge in [-0.05, 0) is 32.0 Å². The van der Waals surface area contributed by atoms with Gasteiger partial charge in [0.1, 0.15) is 5.82 Å². The summed E-state index contributed by atoms with van der Waals surface area (Å²) >= 11 is 0. The van der Waals surface area contributed by atoms with Gasteiger partial charge in [-0.2, -0.15) is 5.26 Å². The van der Waals surface area contributed by atoms with Crippen molar-refractivity contribution in [2.24, 2.45) is 0 Å². The van der Waals surface area contributed by atoms with Gasteiger partial charge in [-0.15, -0.1) is 0 Å². The van der Waals surface area contributed by atoms with E-state index in [0.717, 1.165) is 0 Å². The topological polar surface area (TPSA) is 27.0 Å². The van der Waals surface area contributed by atoms with Crippen LogP contribution in [-0.4, -0.2) is 18.0 Å². The van der Waals surface area contributed by atoms with Gasteiger partial charge in [0.25, 0.3) is 0 Å². The van der Waals surface area contributed by atoms with E-state index in [0.29, 0.717) is 23.7 Å². The molecule has 0 spiro atoms. The Kier molecular flexibility index (Phi) is 3.75. The summed E-state index contributed by atoms with van der Waals surface area (Å²) in [4.78, 5) is 2.22. The highest BCUT2D eigenvalue weighted by molar-refractivity contribution is 5.32. The van der Waals surface area contributed by atoms with E-state index in [9.17, 15) is 4.39 Å². The van der Waals surface area contributed by atoms with Gasteiger partial charge in [-0.3, -0.25) is 4.90 Å². The maximum atomic E-state index is 13.7. The minimum atomic E-state index is -0.270. The van der Waals surface area contributed by atoms with Crippen LogP contribution in [0, 0.1) is 17.1 Å². The zero-order valence-electron chi connectivity index (χ0n) is 10.1. The fourth-order valence-corrected chi connectivity index (χ4v) is 2.49. The quantitative estimate of drug-likeness (QED) is 0.800. The van der Waals surface area contributed by atoms with Gasteiger partial charge in [-0.1, -0.05) is 18.9 Å². The van der Waals surface area contributed by atoms with E-state index >= 15 is 0 Å². The fourth-order valence-electron chi connectivity index (χ4n) is 2.49. The molecule has 0 atom stereocenters. The lowest BCUT2D eigenvalue weighted by atomic mass is 10.1. The molecule has 1 aromatic carbocycles. The molecule has 0 bridgehead atoms. The van der Waals surface area contributed by atoms with Crippen LogP contribution in [-0.2, 0) is 6.54 Å². The summed E-state index contributed by atoms with van der Waals surface area (Å²) in [6.45, 7) is 0.627. The molecule has 1 aliphatic rings. The lowest BCUT2D eigenvalue weighted by Crippen LogP contribution is -2.28. The van der Waals surface area contributed by atoms with Gasteiger partial charge >= 0.3 is 0 Å². The van der Waals surface area contributed by atoms with Crippen molar-refractivity contribution in [2.45, 2.75) is 38.3 Å². The van der Waals surface area contributed by atoms with Crippen molar-refractivity contribution in [3.8, 4) is 6.07 Å². The summed E-state index contributed by atoms with van der Waals surface area (Å²) in [5.41, 5.74) is 1.06. The van der Waals surface area contributed by atoms with Gasteiger partial charge in [0.2, 0.25) is 0 Å². The lowest BCUT2D eigenvalue weighted by Gasteiger charge is -2.24. The van der Waals surface area contributed by atoms with Crippen LogP contribution < -0.4 is 0 Å². The van der Waals surface area contributed by atoms with E-state index < -0.39 is 0 Å². The second kappa shape index (κ2) is 5.29. The van der Waals surface area contributed by atoms with Crippen LogP contribution in [0.25, 0.3) is 0 Å². The Bertz CT molecular complexity index is 430. The molecule has 1 fully saturated rings. The van der Waals surface area contributed by atoms with E-state index in [1.54, 1.807) is 12.1 Å². The molecular weight excluding hydrogens is 215 g/mol. The molecule has 2 rings (SSSR count). The molecule has 1 saturated carbocycles. The van der Waals surface area contributed by atoms with Crippen molar-refractivity contribution in [2.75, 3.05) is 7.05 Å². The maximum absolute atomic E-state index is 13.7. The van der Waals surface area contributed by atoms with E-state index in [4.69, 9.17) is 5.26 Å². The highest BCUT2D eigenvalue weighted by Crippen LogP contribution is 2.24. The average molecular weight is 232 g/mol. The highest BCUT2D eigenvalue weighted by Gasteiger charge is 2.20. The molecule has 1 aromatic rings. The predicted octanol–water partition coefficient (Wildman–Crippen LogP) is 3.07. The second-order valence-electron chi connectivity index (χ2n) is 4.77. The molecule has 0 aliphatic heterocycles. The molecule has 0 radical (unpaired) electrons. The first-order valence-corrected chi connectivity index (χ1v) is 6.09. The van der Waals surface area contributed by atoms with Gasteiger partial charge in [0, 0.05) is 18.2 Å². The summed E-state index contributed by atoms with van der Waals surface area (Å²) in [6, 6.07) is 7.26. The summed E-state index contributed by atoms with van der Waals surface area (Å²) in [5.74, 6) is -0.270. The Morgan fingerprint density at radius 3 is 2.71 bits per heavy atom. The van der Waals surface area contributed by atoms with Gasteiger partial charge in [0.15, 0.2) is 0 Å². The first kappa shape index (κ1) is 12.1. The molecular formula is C14H17FN2. The predicted molar refractivity (Wildman–Crippen MR) is 64.8 cm³/mol. The second-order valence-corrected chi connectivity index (χ2v) is 4.77. The van der Waals surface area contributed by atoms with Gasteiger partial charge in [0.05, 0.1) is 11.6 Å². The Morgan fingerprint density at radius 1 is 1.41 bits per heavy atom. The molecule has 0 amide bonds. The largest absolute Gasteiger partial charge is 0.299 e. The fraction of sp³-hybridized carbons (Fsp3) is 0.500. The maximum Gasteiger partial charge on any atom is 0.129 e. The van der Waals surface area contributed by atoms with E-state index in [1.165, 1.54) is 31.7 Å². The Labute approximate surface area is 102 Å². The minimum absolute atomic E-state index is 0.270. The molecule has 0 saturated heterocycles. The number of halogens is 1. The molecule has 0 heterocycles. The van der Waals surface area contributed by atoms with Crippen molar-refractivity contribution in [3.63, 3.8) is 0 Å². The Morgan fingerprint density at radius 2 is 2.12 bits per heavy atom. The summed E-state index contributed by atoms with van der Waals surface area (Å²) in [5, 5.41) is 8.68. The van der Waals surface area contributed by atoms with Crippen LogP contribution in [0.4, 0.5) is 4.39 Å². The normalized spacial score (nSPS) is 16.4. The molecule has 3 heteroatoms. The third-order valence-corrected chi connectivity index (χ3v) is 3.55. The molecule has 90 valence electrons. The molecule has 0 aromatic heterocycles. The molecule has 0 N–H and O–H groups in total. The highest BCUT2D eigenvalue weighted by atomic mass is 19.1. The number of benzene rings is 1. The third-order valence-electron chi connectivity index (χ3n) is 3.55. The molecule has 1 aliphatic carbocycles. The van der Waals surface area contributed by atoms with Crippen molar-refractivity contribution < 1.29 is 4.39 Å². The zero-order chi connectivity index (χ0) is 12.3. The van der Waals surface area contributed by atoms with Crippen LogP contribution in [0.5, 0.6) is 0 Å². The van der Waals surface area contributed by atoms with Crippen molar-refractivity contribution >= 4 is 0 Å². The Hall–Kier alpha value is -1.40. The Balaban J connectivity index is 2.05. The first-order chi connectivity index (χ1) is 8.20. The van der Waals surface area contributed by atoms with Crippen LogP contribution in [0.2, 0.25) is 0 Å². The van der Waals surface area contributed by atoms with Crippen molar-refractivity contribution in [1.82, 2.24) is 4.90 Å². The molecule has 2 nitrogen and oxygen atoms in total. The number of nitrogens with zero attached hydrogens (tertiary/aromatic N) is 2. The standard InChI is InChI=1S/C14H17FN2/c1-17(13-4-2-3-5-13)10-12-7-6-11(9-16)8-14(12)15/h6-8,13H,2-5,10H2,1H3. The molecule has 17 heavy (non-hydrogen) atoms. The zero-order valence-corrected chi connectivity index (χ0v) is 10.1. The SMILES string of the molecule is CN(Cc1ccc(C#N)cc1F)C1CCCC1. The van der Waals surface area contributed by atoms with E-state index in [2.05, 4.69) is 4.90 Å². The summed E-state index contributed by atoms with van der Waals surface area (Å²) in [6.07, 6.45) is 5.00. The summed E-state index contributed by atoms with van der Waals surface area (Å²) in [7, 11) is 2.05. The number of nitriles is 1. The first-order valence-electron chi connectivity index (χ1n) is 6.09. The number of rotatable bonds is 3. The third kappa shape index (κ3) is 2.83. The van der Waals surface area contributed by atoms with E-state index in [-0.39, 0.29) is 5.82 Å². The van der Waals surface area contributed by atoms with Gasteiger partial charge < -0.3 is 0 Å². The lowest BCUT2D eigenvalue weighted by molar-refractivity contribution is 0.234. The number of hydrogen-bond donors (Lipinski definition) is 0. The van der Waals surface area contributed by atoms with Crippen molar-refractivity contribution in [3.05, 3.63) is 35.1 Å². The monoisotopic (exact) mass is 232 g/mol. The number of hydrogen-bond acceptors (Lipinski definition) is 2. The van der Waals surface area contributed by atoms with Crippen LogP contribution >= 0.6 is 0 Å².